The van der Waals surface area contributed by atoms with Crippen molar-refractivity contribution in [2.24, 2.45) is 0 Å². The first-order valence-electron chi connectivity index (χ1n) is 6.36. The Balaban J connectivity index is 2.98. The van der Waals surface area contributed by atoms with Crippen molar-refractivity contribution in [3.63, 3.8) is 0 Å². The highest BCUT2D eigenvalue weighted by Gasteiger charge is 2.28. The van der Waals surface area contributed by atoms with Crippen LogP contribution in [0.3, 0.4) is 0 Å². The van der Waals surface area contributed by atoms with Crippen LogP contribution < -0.4 is 5.32 Å². The fourth-order valence-corrected chi connectivity index (χ4v) is 2.96. The van der Waals surface area contributed by atoms with Gasteiger partial charge in [-0.1, -0.05) is 20.8 Å². The van der Waals surface area contributed by atoms with E-state index in [-0.39, 0.29) is 5.60 Å². The van der Waals surface area contributed by atoms with Gasteiger partial charge in [-0.2, -0.15) is 0 Å². The lowest BCUT2D eigenvalue weighted by Gasteiger charge is -2.23. The molecule has 1 aromatic rings. The third-order valence-electron chi connectivity index (χ3n) is 3.23. The number of ether oxygens (including phenoxy) is 1. The molecule has 1 heterocycles. The van der Waals surface area contributed by atoms with Crippen LogP contribution in [0.5, 0.6) is 0 Å². The molecule has 98 valence electrons. The maximum Gasteiger partial charge on any atom is 0.125 e. The number of nitrogens with zero attached hydrogens (tertiary/aromatic N) is 1. The number of rotatable bonds is 7. The minimum absolute atomic E-state index is 0.237. The molecule has 1 unspecified atom stereocenters. The number of thiazole rings is 1. The summed E-state index contributed by atoms with van der Waals surface area (Å²) in [4.78, 5) is 6.10. The number of hydrogen-bond acceptors (Lipinski definition) is 4. The van der Waals surface area contributed by atoms with E-state index in [1.807, 2.05) is 0 Å². The average molecular weight is 256 g/mol. The molecular formula is C13H24N2OS. The molecule has 1 aromatic heterocycles. The molecule has 0 aliphatic heterocycles. The number of methoxy groups -OCH3 is 1. The molecule has 0 aromatic carbocycles. The van der Waals surface area contributed by atoms with Gasteiger partial charge in [0.15, 0.2) is 0 Å². The summed E-state index contributed by atoms with van der Waals surface area (Å²) in [5.41, 5.74) is 0.974. The molecule has 0 aliphatic carbocycles. The first-order chi connectivity index (χ1) is 8.11. The van der Waals surface area contributed by atoms with Crippen molar-refractivity contribution in [1.82, 2.24) is 10.3 Å². The highest BCUT2D eigenvalue weighted by molar-refractivity contribution is 7.11. The second-order valence-electron chi connectivity index (χ2n) is 4.31. The predicted octanol–water partition coefficient (Wildman–Crippen LogP) is 3.09. The normalized spacial score (nSPS) is 14.9. The van der Waals surface area contributed by atoms with E-state index in [4.69, 9.17) is 9.72 Å². The Morgan fingerprint density at radius 3 is 2.53 bits per heavy atom. The minimum atomic E-state index is -0.237. The number of nitrogens with one attached hydrogen (secondary N) is 1. The van der Waals surface area contributed by atoms with Crippen molar-refractivity contribution in [3.05, 3.63) is 15.6 Å². The number of aromatic nitrogens is 1. The third kappa shape index (κ3) is 3.27. The molecule has 0 aliphatic rings. The molecule has 1 atom stereocenters. The van der Waals surface area contributed by atoms with E-state index in [1.54, 1.807) is 18.4 Å². The van der Waals surface area contributed by atoms with Gasteiger partial charge in [0.25, 0.3) is 0 Å². The van der Waals surface area contributed by atoms with E-state index < -0.39 is 0 Å². The van der Waals surface area contributed by atoms with Crippen LogP contribution in [0.25, 0.3) is 0 Å². The third-order valence-corrected chi connectivity index (χ3v) is 4.57. The first-order valence-corrected chi connectivity index (χ1v) is 7.17. The molecule has 0 bridgehead atoms. The zero-order valence-corrected chi connectivity index (χ0v) is 12.4. The maximum absolute atomic E-state index is 5.62. The molecule has 3 nitrogen and oxygen atoms in total. The number of hydrogen-bond donors (Lipinski definition) is 1. The predicted molar refractivity (Wildman–Crippen MR) is 73.5 cm³/mol. The smallest absolute Gasteiger partial charge is 0.125 e. The summed E-state index contributed by atoms with van der Waals surface area (Å²) >= 11 is 1.78. The second kappa shape index (κ2) is 6.47. The topological polar surface area (TPSA) is 34.1 Å². The van der Waals surface area contributed by atoms with Crippen molar-refractivity contribution >= 4 is 11.3 Å². The summed E-state index contributed by atoms with van der Waals surface area (Å²) < 4.78 is 5.62. The van der Waals surface area contributed by atoms with E-state index in [0.29, 0.717) is 0 Å². The van der Waals surface area contributed by atoms with E-state index in [0.717, 1.165) is 30.9 Å². The second-order valence-corrected chi connectivity index (χ2v) is 5.39. The summed E-state index contributed by atoms with van der Waals surface area (Å²) in [6.45, 7) is 10.4. The Bertz CT molecular complexity index is 345. The fraction of sp³-hybridized carbons (Fsp3) is 0.769. The molecule has 0 fully saturated rings. The van der Waals surface area contributed by atoms with Crippen molar-refractivity contribution in [2.45, 2.75) is 52.7 Å². The van der Waals surface area contributed by atoms with Gasteiger partial charge in [0.1, 0.15) is 10.6 Å². The Labute approximate surface area is 109 Å². The molecule has 0 radical (unpaired) electrons. The Morgan fingerprint density at radius 1 is 1.35 bits per heavy atom. The summed E-state index contributed by atoms with van der Waals surface area (Å²) in [7, 11) is 1.76. The Kier molecular flexibility index (Phi) is 5.56. The molecular weight excluding hydrogens is 232 g/mol. The van der Waals surface area contributed by atoms with E-state index in [1.165, 1.54) is 10.6 Å². The molecule has 0 saturated heterocycles. The zero-order chi connectivity index (χ0) is 12.9. The van der Waals surface area contributed by atoms with Crippen LogP contribution in [0.2, 0.25) is 0 Å². The molecule has 0 spiro atoms. The van der Waals surface area contributed by atoms with Crippen LogP contribution in [-0.2, 0) is 23.3 Å². The van der Waals surface area contributed by atoms with Gasteiger partial charge < -0.3 is 10.1 Å². The standard InChI is InChI=1S/C13H24N2OS/c1-6-10-11(9-14-8-3)17-12(15-10)13(4,7-2)16-5/h14H,6-9H2,1-5H3. The van der Waals surface area contributed by atoms with Crippen LogP contribution >= 0.6 is 11.3 Å². The highest BCUT2D eigenvalue weighted by atomic mass is 32.1. The van der Waals surface area contributed by atoms with Gasteiger partial charge >= 0.3 is 0 Å². The van der Waals surface area contributed by atoms with Gasteiger partial charge in [0, 0.05) is 18.5 Å². The first kappa shape index (κ1) is 14.6. The van der Waals surface area contributed by atoms with Crippen LogP contribution in [0.1, 0.15) is 49.7 Å². The van der Waals surface area contributed by atoms with Gasteiger partial charge in [-0.15, -0.1) is 11.3 Å². The summed E-state index contributed by atoms with van der Waals surface area (Å²) in [5.74, 6) is 0. The monoisotopic (exact) mass is 256 g/mol. The molecule has 0 amide bonds. The number of aryl methyl sites for hydroxylation is 1. The largest absolute Gasteiger partial charge is 0.371 e. The zero-order valence-electron chi connectivity index (χ0n) is 11.6. The summed E-state index contributed by atoms with van der Waals surface area (Å²) in [5, 5.41) is 4.47. The van der Waals surface area contributed by atoms with E-state index in [2.05, 4.69) is 33.0 Å². The lowest BCUT2D eigenvalue weighted by Crippen LogP contribution is -2.22. The van der Waals surface area contributed by atoms with Crippen LogP contribution in [-0.4, -0.2) is 18.6 Å². The van der Waals surface area contributed by atoms with Gasteiger partial charge in [0.05, 0.1) is 5.69 Å². The van der Waals surface area contributed by atoms with Crippen LogP contribution in [0.4, 0.5) is 0 Å². The summed E-state index contributed by atoms with van der Waals surface area (Å²) in [6.07, 6.45) is 1.93. The van der Waals surface area contributed by atoms with Crippen LogP contribution in [0.15, 0.2) is 0 Å². The van der Waals surface area contributed by atoms with Crippen LogP contribution in [0, 0.1) is 0 Å². The summed E-state index contributed by atoms with van der Waals surface area (Å²) in [6, 6.07) is 0. The van der Waals surface area contributed by atoms with Gasteiger partial charge in [0.2, 0.25) is 0 Å². The lowest BCUT2D eigenvalue weighted by atomic mass is 10.1. The van der Waals surface area contributed by atoms with E-state index >= 15 is 0 Å². The van der Waals surface area contributed by atoms with Crippen molar-refractivity contribution in [2.75, 3.05) is 13.7 Å². The Morgan fingerprint density at radius 2 is 2.06 bits per heavy atom. The van der Waals surface area contributed by atoms with Gasteiger partial charge in [-0.25, -0.2) is 4.98 Å². The van der Waals surface area contributed by atoms with Crippen molar-refractivity contribution < 1.29 is 4.74 Å². The molecule has 0 saturated carbocycles. The minimum Gasteiger partial charge on any atom is -0.371 e. The highest BCUT2D eigenvalue weighted by Crippen LogP contribution is 2.33. The fourth-order valence-electron chi connectivity index (χ4n) is 1.65. The maximum atomic E-state index is 5.62. The average Bonchev–Trinajstić information content (AvgIpc) is 2.79. The Hall–Kier alpha value is -0.450. The quantitative estimate of drug-likeness (QED) is 0.814. The molecule has 4 heteroatoms. The molecule has 17 heavy (non-hydrogen) atoms. The van der Waals surface area contributed by atoms with Crippen molar-refractivity contribution in [1.29, 1.82) is 0 Å². The van der Waals surface area contributed by atoms with E-state index in [9.17, 15) is 0 Å². The lowest BCUT2D eigenvalue weighted by molar-refractivity contribution is -0.00166. The SMILES string of the molecule is CCNCc1sc(C(C)(CC)OC)nc1CC. The molecule has 1 N–H and O–H groups in total. The van der Waals surface area contributed by atoms with Gasteiger partial charge in [-0.05, 0) is 26.3 Å². The molecule has 1 rings (SSSR count). The van der Waals surface area contributed by atoms with Crippen molar-refractivity contribution in [3.8, 4) is 0 Å². The van der Waals surface area contributed by atoms with Gasteiger partial charge in [-0.3, -0.25) is 0 Å².